The van der Waals surface area contributed by atoms with Crippen LogP contribution in [0.15, 0.2) is 48.5 Å². The molecule has 2 N–H and O–H groups in total. The van der Waals surface area contributed by atoms with Crippen molar-refractivity contribution in [2.45, 2.75) is 38.1 Å². The standard InChI is InChI=1S/C21H22N2O2/c24-20(15-8-9-15)22-17-12-10-16(11-13-17)21(25)23-19-7-3-5-14-4-1-2-6-18(14)19/h1-2,4,6,10-13,15,19H,3,5,7-9H2,(H,22,24)(H,23,25). The number of hydrogen-bond donors (Lipinski definition) is 2. The fourth-order valence-corrected chi connectivity index (χ4v) is 3.44. The molecule has 2 aliphatic carbocycles. The highest BCUT2D eigenvalue weighted by atomic mass is 16.2. The molecule has 0 spiro atoms. The first-order chi connectivity index (χ1) is 12.2. The Morgan fingerprint density at radius 3 is 2.44 bits per heavy atom. The van der Waals surface area contributed by atoms with Gasteiger partial charge in [-0.2, -0.15) is 0 Å². The normalized spacial score (nSPS) is 19.0. The van der Waals surface area contributed by atoms with Crippen molar-refractivity contribution >= 4 is 17.5 Å². The maximum atomic E-state index is 12.6. The van der Waals surface area contributed by atoms with E-state index in [9.17, 15) is 9.59 Å². The maximum absolute atomic E-state index is 12.6. The Kier molecular flexibility index (Phi) is 4.26. The summed E-state index contributed by atoms with van der Waals surface area (Å²) in [6.45, 7) is 0. The number of aryl methyl sites for hydroxylation is 1. The monoisotopic (exact) mass is 334 g/mol. The van der Waals surface area contributed by atoms with Gasteiger partial charge in [-0.25, -0.2) is 0 Å². The molecule has 0 radical (unpaired) electrons. The average Bonchev–Trinajstić information content (AvgIpc) is 3.48. The van der Waals surface area contributed by atoms with Crippen LogP contribution in [-0.4, -0.2) is 11.8 Å². The summed E-state index contributed by atoms with van der Waals surface area (Å²) in [6, 6.07) is 15.5. The summed E-state index contributed by atoms with van der Waals surface area (Å²) in [5.41, 5.74) is 3.93. The Bertz CT molecular complexity index is 794. The zero-order chi connectivity index (χ0) is 17.2. The Morgan fingerprint density at radius 1 is 0.920 bits per heavy atom. The van der Waals surface area contributed by atoms with E-state index in [0.717, 1.165) is 37.8 Å². The minimum absolute atomic E-state index is 0.0678. The molecule has 0 bridgehead atoms. The van der Waals surface area contributed by atoms with Gasteiger partial charge in [-0.1, -0.05) is 24.3 Å². The van der Waals surface area contributed by atoms with Crippen LogP contribution in [0.2, 0.25) is 0 Å². The van der Waals surface area contributed by atoms with Crippen molar-refractivity contribution in [3.63, 3.8) is 0 Å². The molecule has 2 amide bonds. The third kappa shape index (κ3) is 3.58. The fourth-order valence-electron chi connectivity index (χ4n) is 3.44. The maximum Gasteiger partial charge on any atom is 0.251 e. The van der Waals surface area contributed by atoms with E-state index in [1.807, 2.05) is 6.07 Å². The number of rotatable bonds is 4. The molecular weight excluding hydrogens is 312 g/mol. The van der Waals surface area contributed by atoms with Crippen LogP contribution in [0.3, 0.4) is 0 Å². The molecule has 0 aromatic heterocycles. The quantitative estimate of drug-likeness (QED) is 0.892. The molecule has 0 aliphatic heterocycles. The van der Waals surface area contributed by atoms with Crippen molar-refractivity contribution in [3.05, 3.63) is 65.2 Å². The predicted octanol–water partition coefficient (Wildman–Crippen LogP) is 3.84. The second-order valence-electron chi connectivity index (χ2n) is 6.96. The zero-order valence-electron chi connectivity index (χ0n) is 14.1. The van der Waals surface area contributed by atoms with Crippen LogP contribution in [-0.2, 0) is 11.2 Å². The van der Waals surface area contributed by atoms with E-state index in [1.54, 1.807) is 24.3 Å². The zero-order valence-corrected chi connectivity index (χ0v) is 14.1. The number of carbonyl (C=O) groups is 2. The molecule has 128 valence electrons. The van der Waals surface area contributed by atoms with Gasteiger partial charge in [0.15, 0.2) is 0 Å². The van der Waals surface area contributed by atoms with E-state index in [2.05, 4.69) is 28.8 Å². The summed E-state index contributed by atoms with van der Waals surface area (Å²) in [7, 11) is 0. The van der Waals surface area contributed by atoms with Crippen LogP contribution in [0, 0.1) is 5.92 Å². The number of carbonyl (C=O) groups excluding carboxylic acids is 2. The Labute approximate surface area is 147 Å². The second-order valence-corrected chi connectivity index (χ2v) is 6.96. The number of amides is 2. The van der Waals surface area contributed by atoms with Crippen LogP contribution in [0.4, 0.5) is 5.69 Å². The fraction of sp³-hybridized carbons (Fsp3) is 0.333. The van der Waals surface area contributed by atoms with Crippen LogP contribution in [0.5, 0.6) is 0 Å². The molecule has 1 fully saturated rings. The van der Waals surface area contributed by atoms with Gasteiger partial charge in [-0.15, -0.1) is 0 Å². The van der Waals surface area contributed by atoms with Crippen molar-refractivity contribution < 1.29 is 9.59 Å². The number of benzene rings is 2. The summed E-state index contributed by atoms with van der Waals surface area (Å²) < 4.78 is 0. The third-order valence-electron chi connectivity index (χ3n) is 5.04. The van der Waals surface area contributed by atoms with Gasteiger partial charge in [0, 0.05) is 17.2 Å². The van der Waals surface area contributed by atoms with Gasteiger partial charge in [0.25, 0.3) is 5.91 Å². The van der Waals surface area contributed by atoms with Crippen molar-refractivity contribution in [2.24, 2.45) is 5.92 Å². The molecule has 4 heteroatoms. The summed E-state index contributed by atoms with van der Waals surface area (Å²) >= 11 is 0. The molecule has 2 aliphatic rings. The number of anilines is 1. The second kappa shape index (κ2) is 6.71. The number of fused-ring (bicyclic) bond motifs is 1. The predicted molar refractivity (Wildman–Crippen MR) is 97.4 cm³/mol. The lowest BCUT2D eigenvalue weighted by atomic mass is 9.87. The van der Waals surface area contributed by atoms with Gasteiger partial charge >= 0.3 is 0 Å². The molecule has 4 rings (SSSR count). The summed E-state index contributed by atoms with van der Waals surface area (Å²) in [6.07, 6.45) is 5.11. The lowest BCUT2D eigenvalue weighted by Gasteiger charge is -2.26. The van der Waals surface area contributed by atoms with Crippen LogP contribution in [0.1, 0.15) is 53.2 Å². The lowest BCUT2D eigenvalue weighted by molar-refractivity contribution is -0.117. The Morgan fingerprint density at radius 2 is 1.68 bits per heavy atom. The number of nitrogens with one attached hydrogen (secondary N) is 2. The minimum atomic E-state index is -0.0678. The SMILES string of the molecule is O=C(NC1CCCc2ccccc21)c1ccc(NC(=O)C2CC2)cc1. The molecule has 1 unspecified atom stereocenters. The lowest BCUT2D eigenvalue weighted by Crippen LogP contribution is -2.30. The van der Waals surface area contributed by atoms with Gasteiger partial charge < -0.3 is 10.6 Å². The molecule has 2 aromatic rings. The first kappa shape index (κ1) is 15.9. The van der Waals surface area contributed by atoms with E-state index >= 15 is 0 Å². The molecule has 0 saturated heterocycles. The third-order valence-corrected chi connectivity index (χ3v) is 5.04. The van der Waals surface area contributed by atoms with Gasteiger partial charge in [0.2, 0.25) is 5.91 Å². The summed E-state index contributed by atoms with van der Waals surface area (Å²) in [4.78, 5) is 24.4. The van der Waals surface area contributed by atoms with Crippen molar-refractivity contribution in [3.8, 4) is 0 Å². The van der Waals surface area contributed by atoms with Crippen molar-refractivity contribution in [1.82, 2.24) is 5.32 Å². The highest BCUT2D eigenvalue weighted by molar-refractivity contribution is 5.97. The van der Waals surface area contributed by atoms with E-state index in [-0.39, 0.29) is 23.8 Å². The largest absolute Gasteiger partial charge is 0.345 e. The smallest absolute Gasteiger partial charge is 0.251 e. The van der Waals surface area contributed by atoms with Crippen molar-refractivity contribution in [2.75, 3.05) is 5.32 Å². The van der Waals surface area contributed by atoms with Gasteiger partial charge in [0.05, 0.1) is 6.04 Å². The van der Waals surface area contributed by atoms with E-state index < -0.39 is 0 Å². The van der Waals surface area contributed by atoms with Gasteiger partial charge in [-0.3, -0.25) is 9.59 Å². The molecule has 1 saturated carbocycles. The topological polar surface area (TPSA) is 58.2 Å². The molecular formula is C21H22N2O2. The average molecular weight is 334 g/mol. The summed E-state index contributed by atoms with van der Waals surface area (Å²) in [5, 5.41) is 6.05. The highest BCUT2D eigenvalue weighted by Gasteiger charge is 2.29. The van der Waals surface area contributed by atoms with E-state index in [0.29, 0.717) is 5.56 Å². The van der Waals surface area contributed by atoms with Crippen LogP contribution in [0.25, 0.3) is 0 Å². The van der Waals surface area contributed by atoms with E-state index in [4.69, 9.17) is 0 Å². The van der Waals surface area contributed by atoms with Crippen LogP contribution >= 0.6 is 0 Å². The molecule has 25 heavy (non-hydrogen) atoms. The van der Waals surface area contributed by atoms with Gasteiger partial charge in [-0.05, 0) is 67.5 Å². The van der Waals surface area contributed by atoms with Crippen LogP contribution < -0.4 is 10.6 Å². The summed E-state index contributed by atoms with van der Waals surface area (Å²) in [5.74, 6) is 0.187. The van der Waals surface area contributed by atoms with Gasteiger partial charge in [0.1, 0.15) is 0 Å². The number of hydrogen-bond acceptors (Lipinski definition) is 2. The first-order valence-electron chi connectivity index (χ1n) is 9.00. The molecule has 1 atom stereocenters. The minimum Gasteiger partial charge on any atom is -0.345 e. The molecule has 2 aromatic carbocycles. The molecule has 4 nitrogen and oxygen atoms in total. The highest BCUT2D eigenvalue weighted by Crippen LogP contribution is 2.31. The van der Waals surface area contributed by atoms with E-state index in [1.165, 1.54) is 11.1 Å². The molecule has 0 heterocycles. The Balaban J connectivity index is 1.42. The first-order valence-corrected chi connectivity index (χ1v) is 9.00. The Hall–Kier alpha value is -2.62. The van der Waals surface area contributed by atoms with Crippen molar-refractivity contribution in [1.29, 1.82) is 0 Å².